The summed E-state index contributed by atoms with van der Waals surface area (Å²) >= 11 is 0. The van der Waals surface area contributed by atoms with Gasteiger partial charge < -0.3 is 15.0 Å². The number of hydrazine groups is 1. The molecule has 3 N–H and O–H groups in total. The van der Waals surface area contributed by atoms with Gasteiger partial charge in [0.25, 0.3) is 0 Å². The van der Waals surface area contributed by atoms with E-state index in [2.05, 4.69) is 19.2 Å². The minimum Gasteiger partial charge on any atom is -0.467 e. The van der Waals surface area contributed by atoms with Crippen LogP contribution in [0.2, 0.25) is 6.32 Å². The molecule has 2 unspecified atom stereocenters. The van der Waals surface area contributed by atoms with Gasteiger partial charge in [-0.1, -0.05) is 50.6 Å². The fraction of sp³-hybridized carbons (Fsp3) is 0.600. The molecule has 147 valence electrons. The van der Waals surface area contributed by atoms with E-state index in [4.69, 9.17) is 10.6 Å². The second-order valence-electron chi connectivity index (χ2n) is 7.35. The summed E-state index contributed by atoms with van der Waals surface area (Å²) in [5.74, 6) is 5.31. The zero-order valence-corrected chi connectivity index (χ0v) is 16.6. The molecule has 6 nitrogen and oxygen atoms in total. The zero-order chi connectivity index (χ0) is 19.9. The SMILES string of the molecule is CCC(C)[C@@]1(C[B]NN)CCN(C(CCc2ccccc2)C(=O)OC)C1=O. The van der Waals surface area contributed by atoms with Gasteiger partial charge in [-0.05, 0) is 37.1 Å². The number of nitrogens with two attached hydrogens (primary N) is 1. The summed E-state index contributed by atoms with van der Waals surface area (Å²) < 4.78 is 5.02. The molecule has 1 aliphatic heterocycles. The van der Waals surface area contributed by atoms with Crippen LogP contribution in [0.3, 0.4) is 0 Å². The molecule has 1 radical (unpaired) electrons. The summed E-state index contributed by atoms with van der Waals surface area (Å²) in [7, 11) is 3.12. The van der Waals surface area contributed by atoms with E-state index in [1.54, 1.807) is 12.3 Å². The Morgan fingerprint density at radius 2 is 2.11 bits per heavy atom. The first kappa shape index (κ1) is 21.4. The van der Waals surface area contributed by atoms with Crippen molar-refractivity contribution in [3.05, 3.63) is 35.9 Å². The normalized spacial score (nSPS) is 21.8. The van der Waals surface area contributed by atoms with Gasteiger partial charge in [0, 0.05) is 12.0 Å². The van der Waals surface area contributed by atoms with Crippen molar-refractivity contribution in [2.24, 2.45) is 17.2 Å². The molecule has 7 heteroatoms. The monoisotopic (exact) mass is 372 g/mol. The minimum atomic E-state index is -0.556. The molecule has 1 fully saturated rings. The molecule has 1 saturated heterocycles. The lowest BCUT2D eigenvalue weighted by Gasteiger charge is -2.35. The van der Waals surface area contributed by atoms with E-state index >= 15 is 0 Å². The Balaban J connectivity index is 2.20. The van der Waals surface area contributed by atoms with Gasteiger partial charge in [-0.25, -0.2) is 4.79 Å². The molecule has 1 aromatic rings. The van der Waals surface area contributed by atoms with Gasteiger partial charge in [0.15, 0.2) is 0 Å². The summed E-state index contributed by atoms with van der Waals surface area (Å²) in [6.07, 6.45) is 3.44. The van der Waals surface area contributed by atoms with Gasteiger partial charge in [0.2, 0.25) is 13.3 Å². The van der Waals surface area contributed by atoms with Crippen LogP contribution in [0, 0.1) is 11.3 Å². The van der Waals surface area contributed by atoms with Crippen LogP contribution in [-0.2, 0) is 20.7 Å². The lowest BCUT2D eigenvalue weighted by Crippen LogP contribution is -2.48. The average Bonchev–Trinajstić information content (AvgIpc) is 3.03. The van der Waals surface area contributed by atoms with E-state index in [9.17, 15) is 9.59 Å². The molecule has 3 atom stereocenters. The third kappa shape index (κ3) is 4.71. The number of benzene rings is 1. The zero-order valence-electron chi connectivity index (χ0n) is 16.6. The van der Waals surface area contributed by atoms with Crippen LogP contribution < -0.4 is 11.2 Å². The number of hydrogen-bond acceptors (Lipinski definition) is 5. The van der Waals surface area contributed by atoms with Gasteiger partial charge in [-0.2, -0.15) is 0 Å². The summed E-state index contributed by atoms with van der Waals surface area (Å²) in [4.78, 5) is 27.6. The summed E-state index contributed by atoms with van der Waals surface area (Å²) in [6.45, 7) is 4.75. The fourth-order valence-electron chi connectivity index (χ4n) is 4.08. The number of aryl methyl sites for hydroxylation is 1. The maximum absolute atomic E-state index is 13.4. The number of esters is 1. The topological polar surface area (TPSA) is 84.7 Å². The van der Waals surface area contributed by atoms with Crippen molar-refractivity contribution >= 4 is 19.3 Å². The van der Waals surface area contributed by atoms with Crippen molar-refractivity contribution in [2.75, 3.05) is 13.7 Å². The predicted octanol–water partition coefficient (Wildman–Crippen LogP) is 1.93. The maximum atomic E-state index is 13.4. The Hall–Kier alpha value is -1.86. The van der Waals surface area contributed by atoms with E-state index in [1.165, 1.54) is 7.11 Å². The number of methoxy groups -OCH3 is 1. The first-order valence-electron chi connectivity index (χ1n) is 9.70. The van der Waals surface area contributed by atoms with Crippen molar-refractivity contribution < 1.29 is 14.3 Å². The molecule has 0 aliphatic carbocycles. The van der Waals surface area contributed by atoms with Crippen LogP contribution in [0.5, 0.6) is 0 Å². The summed E-state index contributed by atoms with van der Waals surface area (Å²) in [5.41, 5.74) is 0.632. The largest absolute Gasteiger partial charge is 0.467 e. The smallest absolute Gasteiger partial charge is 0.328 e. The number of nitrogens with one attached hydrogen (secondary N) is 1. The fourth-order valence-corrected chi connectivity index (χ4v) is 4.08. The highest BCUT2D eigenvalue weighted by Gasteiger charge is 2.51. The van der Waals surface area contributed by atoms with E-state index in [0.717, 1.165) is 24.8 Å². The Labute approximate surface area is 163 Å². The van der Waals surface area contributed by atoms with E-state index < -0.39 is 11.5 Å². The van der Waals surface area contributed by atoms with E-state index in [-0.39, 0.29) is 17.8 Å². The number of hydrogen-bond donors (Lipinski definition) is 2. The third-order valence-corrected chi connectivity index (χ3v) is 6.02. The standard InChI is InChI=1S/C20H31BN3O3/c1-4-15(2)20(14-21-23-22)12-13-24(19(20)26)17(18(25)27-3)11-10-16-8-6-5-7-9-16/h5-9,15,17,23H,4,10-14,22H2,1-3H3/t15?,17?,20-/m0/s1. The molecular formula is C20H31BN3O3. The molecule has 27 heavy (non-hydrogen) atoms. The van der Waals surface area contributed by atoms with Crippen LogP contribution in [0.15, 0.2) is 30.3 Å². The first-order chi connectivity index (χ1) is 13.0. The van der Waals surface area contributed by atoms with Crippen molar-refractivity contribution in [2.45, 2.75) is 51.9 Å². The molecule has 1 amide bonds. The van der Waals surface area contributed by atoms with E-state index in [0.29, 0.717) is 19.3 Å². The van der Waals surface area contributed by atoms with Gasteiger partial charge in [-0.15, -0.1) is 0 Å². The van der Waals surface area contributed by atoms with Crippen LogP contribution in [-0.4, -0.2) is 43.9 Å². The van der Waals surface area contributed by atoms with Crippen LogP contribution in [0.1, 0.15) is 38.7 Å². The Morgan fingerprint density at radius 1 is 1.41 bits per heavy atom. The number of likely N-dealkylation sites (tertiary alicyclic amines) is 1. The molecule has 0 aromatic heterocycles. The number of amides is 1. The molecule has 1 aromatic carbocycles. The van der Waals surface area contributed by atoms with Gasteiger partial charge >= 0.3 is 5.97 Å². The molecular weight excluding hydrogens is 341 g/mol. The minimum absolute atomic E-state index is 0.0341. The lowest BCUT2D eigenvalue weighted by molar-refractivity contribution is -0.154. The Kier molecular flexibility index (Phi) is 7.86. The summed E-state index contributed by atoms with van der Waals surface area (Å²) in [6, 6.07) is 9.43. The second-order valence-corrected chi connectivity index (χ2v) is 7.35. The molecule has 1 heterocycles. The number of carbonyl (C=O) groups excluding carboxylic acids is 2. The Morgan fingerprint density at radius 3 is 2.70 bits per heavy atom. The van der Waals surface area contributed by atoms with Crippen LogP contribution >= 0.6 is 0 Å². The number of ether oxygens (including phenoxy) is 1. The second kappa shape index (κ2) is 9.90. The lowest BCUT2D eigenvalue weighted by atomic mass is 9.62. The van der Waals surface area contributed by atoms with Crippen molar-refractivity contribution in [1.29, 1.82) is 0 Å². The quantitative estimate of drug-likeness (QED) is 0.284. The molecule has 0 spiro atoms. The van der Waals surface area contributed by atoms with Crippen LogP contribution in [0.4, 0.5) is 0 Å². The first-order valence-corrected chi connectivity index (χ1v) is 9.70. The molecule has 2 rings (SSSR count). The average molecular weight is 372 g/mol. The molecule has 0 bridgehead atoms. The predicted molar refractivity (Wildman–Crippen MR) is 107 cm³/mol. The van der Waals surface area contributed by atoms with Crippen molar-refractivity contribution in [3.8, 4) is 0 Å². The van der Waals surface area contributed by atoms with E-state index in [1.807, 2.05) is 30.3 Å². The van der Waals surface area contributed by atoms with Gasteiger partial charge in [0.05, 0.1) is 7.11 Å². The Bertz CT molecular complexity index is 628. The van der Waals surface area contributed by atoms with Gasteiger partial charge in [-0.3, -0.25) is 10.6 Å². The van der Waals surface area contributed by atoms with Crippen molar-refractivity contribution in [3.63, 3.8) is 0 Å². The highest BCUT2D eigenvalue weighted by Crippen LogP contribution is 2.44. The van der Waals surface area contributed by atoms with Crippen molar-refractivity contribution in [1.82, 2.24) is 10.2 Å². The van der Waals surface area contributed by atoms with Crippen LogP contribution in [0.25, 0.3) is 0 Å². The molecule has 0 saturated carbocycles. The molecule has 1 aliphatic rings. The maximum Gasteiger partial charge on any atom is 0.328 e. The third-order valence-electron chi connectivity index (χ3n) is 6.02. The van der Waals surface area contributed by atoms with Gasteiger partial charge in [0.1, 0.15) is 6.04 Å². The number of rotatable bonds is 10. The highest BCUT2D eigenvalue weighted by molar-refractivity contribution is 6.33. The number of carbonyl (C=O) groups is 2. The number of nitrogens with zero attached hydrogens (tertiary/aromatic N) is 1. The summed E-state index contributed by atoms with van der Waals surface area (Å²) in [5, 5.41) is 2.56. The highest BCUT2D eigenvalue weighted by atomic mass is 16.5.